The second-order valence-electron chi connectivity index (χ2n) is 7.22. The average Bonchev–Trinajstić information content (AvgIpc) is 2.67. The van der Waals surface area contributed by atoms with Gasteiger partial charge in [0.05, 0.1) is 13.2 Å². The van der Waals surface area contributed by atoms with Gasteiger partial charge in [-0.2, -0.15) is 0 Å². The number of rotatable bonds is 7. The molecule has 28 heavy (non-hydrogen) atoms. The Morgan fingerprint density at radius 3 is 2.50 bits per heavy atom. The van der Waals surface area contributed by atoms with Gasteiger partial charge in [-0.1, -0.05) is 19.9 Å². The second kappa shape index (κ2) is 10.7. The molecule has 1 saturated heterocycles. The number of carbonyl (C=O) groups is 3. The fraction of sp³-hybridized carbons (Fsp3) is 0.550. The van der Waals surface area contributed by atoms with Crippen LogP contribution in [0.4, 0.5) is 10.5 Å². The van der Waals surface area contributed by atoms with Gasteiger partial charge >= 0.3 is 6.09 Å². The molecule has 1 aliphatic rings. The van der Waals surface area contributed by atoms with E-state index < -0.39 is 0 Å². The normalized spacial score (nSPS) is 14.6. The minimum Gasteiger partial charge on any atom is -0.449 e. The number of anilines is 1. The van der Waals surface area contributed by atoms with Gasteiger partial charge in [0.2, 0.25) is 5.91 Å². The summed E-state index contributed by atoms with van der Waals surface area (Å²) in [6.07, 6.45) is -0.292. The molecule has 2 rings (SSSR count). The molecule has 0 radical (unpaired) electrons. The first-order valence-electron chi connectivity index (χ1n) is 9.71. The molecule has 2 N–H and O–H groups in total. The van der Waals surface area contributed by atoms with Crippen LogP contribution in [0.5, 0.6) is 0 Å². The molecule has 0 aromatic heterocycles. The van der Waals surface area contributed by atoms with Crippen LogP contribution >= 0.6 is 0 Å². The van der Waals surface area contributed by atoms with E-state index in [1.807, 2.05) is 25.7 Å². The van der Waals surface area contributed by atoms with Crippen LogP contribution in [-0.2, 0) is 9.53 Å². The summed E-state index contributed by atoms with van der Waals surface area (Å²) in [4.78, 5) is 39.9. The third-order valence-electron chi connectivity index (χ3n) is 4.28. The van der Waals surface area contributed by atoms with Crippen LogP contribution in [0.3, 0.4) is 0 Å². The molecule has 154 valence electrons. The van der Waals surface area contributed by atoms with Gasteiger partial charge in [0, 0.05) is 44.0 Å². The molecule has 0 spiro atoms. The van der Waals surface area contributed by atoms with Gasteiger partial charge < -0.3 is 20.3 Å². The highest BCUT2D eigenvalue weighted by Crippen LogP contribution is 2.11. The first kappa shape index (κ1) is 21.7. The third-order valence-corrected chi connectivity index (χ3v) is 4.28. The zero-order valence-electron chi connectivity index (χ0n) is 16.9. The number of amides is 3. The first-order chi connectivity index (χ1) is 13.4. The highest BCUT2D eigenvalue weighted by Gasteiger charge is 2.23. The van der Waals surface area contributed by atoms with Crippen LogP contribution in [0.2, 0.25) is 0 Å². The number of nitrogens with one attached hydrogen (secondary N) is 2. The Morgan fingerprint density at radius 2 is 1.86 bits per heavy atom. The van der Waals surface area contributed by atoms with Crippen molar-refractivity contribution in [3.63, 3.8) is 0 Å². The van der Waals surface area contributed by atoms with Crippen molar-refractivity contribution in [3.8, 4) is 0 Å². The van der Waals surface area contributed by atoms with E-state index in [0.717, 1.165) is 0 Å². The lowest BCUT2D eigenvalue weighted by molar-refractivity contribution is -0.117. The van der Waals surface area contributed by atoms with Crippen LogP contribution in [0, 0.1) is 5.92 Å². The van der Waals surface area contributed by atoms with Gasteiger partial charge in [0.25, 0.3) is 5.91 Å². The van der Waals surface area contributed by atoms with Crippen molar-refractivity contribution in [3.05, 3.63) is 29.8 Å². The van der Waals surface area contributed by atoms with E-state index in [1.165, 1.54) is 0 Å². The van der Waals surface area contributed by atoms with Crippen LogP contribution < -0.4 is 10.6 Å². The summed E-state index contributed by atoms with van der Waals surface area (Å²) in [5.74, 6) is -0.0107. The summed E-state index contributed by atoms with van der Waals surface area (Å²) in [5, 5.41) is 5.56. The molecule has 0 bridgehead atoms. The molecule has 1 fully saturated rings. The van der Waals surface area contributed by atoms with E-state index in [4.69, 9.17) is 4.74 Å². The largest absolute Gasteiger partial charge is 0.449 e. The Bertz CT molecular complexity index is 685. The van der Waals surface area contributed by atoms with Crippen molar-refractivity contribution in [2.45, 2.75) is 20.8 Å². The molecule has 1 heterocycles. The van der Waals surface area contributed by atoms with Crippen molar-refractivity contribution >= 4 is 23.6 Å². The predicted octanol–water partition coefficient (Wildman–Crippen LogP) is 1.79. The van der Waals surface area contributed by atoms with Crippen molar-refractivity contribution in [2.24, 2.45) is 5.92 Å². The van der Waals surface area contributed by atoms with Crippen LogP contribution in [0.1, 0.15) is 31.1 Å². The van der Waals surface area contributed by atoms with Crippen molar-refractivity contribution in [1.82, 2.24) is 15.1 Å². The molecule has 0 aliphatic carbocycles. The number of hydrogen-bond donors (Lipinski definition) is 2. The minimum absolute atomic E-state index is 0.149. The fourth-order valence-corrected chi connectivity index (χ4v) is 2.82. The van der Waals surface area contributed by atoms with Crippen LogP contribution in [-0.4, -0.2) is 73.6 Å². The zero-order chi connectivity index (χ0) is 20.5. The van der Waals surface area contributed by atoms with E-state index in [-0.39, 0.29) is 24.5 Å². The number of ether oxygens (including phenoxy) is 1. The summed E-state index contributed by atoms with van der Waals surface area (Å²) in [6, 6.07) is 6.86. The molecule has 0 atom stereocenters. The number of hydrogen-bond acceptors (Lipinski definition) is 5. The highest BCUT2D eigenvalue weighted by molar-refractivity contribution is 5.97. The molecule has 3 amide bonds. The van der Waals surface area contributed by atoms with Crippen molar-refractivity contribution in [2.75, 3.05) is 51.2 Å². The van der Waals surface area contributed by atoms with Gasteiger partial charge in [-0.05, 0) is 31.0 Å². The Kier molecular flexibility index (Phi) is 8.25. The summed E-state index contributed by atoms with van der Waals surface area (Å²) < 4.78 is 5.24. The Balaban J connectivity index is 1.78. The maximum absolute atomic E-state index is 12.3. The molecule has 0 unspecified atom stereocenters. The second-order valence-corrected chi connectivity index (χ2v) is 7.22. The molecular weight excluding hydrogens is 360 g/mol. The maximum atomic E-state index is 12.3. The quantitative estimate of drug-likeness (QED) is 0.741. The molecule has 1 aromatic carbocycles. The van der Waals surface area contributed by atoms with Gasteiger partial charge in [-0.15, -0.1) is 0 Å². The molecular formula is C20H30N4O4. The maximum Gasteiger partial charge on any atom is 0.409 e. The monoisotopic (exact) mass is 390 g/mol. The zero-order valence-corrected chi connectivity index (χ0v) is 16.9. The molecule has 8 heteroatoms. The van der Waals surface area contributed by atoms with E-state index in [0.29, 0.717) is 56.5 Å². The van der Waals surface area contributed by atoms with E-state index in [2.05, 4.69) is 10.6 Å². The Morgan fingerprint density at radius 1 is 1.14 bits per heavy atom. The lowest BCUT2D eigenvalue weighted by Gasteiger charge is -2.33. The summed E-state index contributed by atoms with van der Waals surface area (Å²) in [5.41, 5.74) is 1.10. The van der Waals surface area contributed by atoms with E-state index in [1.54, 1.807) is 29.2 Å². The van der Waals surface area contributed by atoms with Crippen molar-refractivity contribution < 1.29 is 19.1 Å². The van der Waals surface area contributed by atoms with E-state index in [9.17, 15) is 14.4 Å². The molecule has 0 saturated carbocycles. The lowest BCUT2D eigenvalue weighted by atomic mass is 10.2. The summed E-state index contributed by atoms with van der Waals surface area (Å²) in [6.45, 7) is 9.35. The summed E-state index contributed by atoms with van der Waals surface area (Å²) >= 11 is 0. The smallest absolute Gasteiger partial charge is 0.409 e. The molecule has 1 aliphatic heterocycles. The standard InChI is InChI=1S/C20H30N4O4/c1-4-21-19(26)16-6-5-7-17(12-16)22-18(25)13-23-8-10-24(11-9-23)20(27)28-14-15(2)3/h5-7,12,15H,4,8-11,13-14H2,1-3H3,(H,21,26)(H,22,25). The predicted molar refractivity (Wildman–Crippen MR) is 107 cm³/mol. The van der Waals surface area contributed by atoms with E-state index >= 15 is 0 Å². The SMILES string of the molecule is CCNC(=O)c1cccc(NC(=O)CN2CCN(C(=O)OCC(C)C)CC2)c1. The minimum atomic E-state index is -0.292. The van der Waals surface area contributed by atoms with Gasteiger partial charge in [-0.25, -0.2) is 4.79 Å². The molecule has 1 aromatic rings. The average molecular weight is 390 g/mol. The van der Waals surface area contributed by atoms with Gasteiger partial charge in [0.15, 0.2) is 0 Å². The number of piperazine rings is 1. The number of nitrogens with zero attached hydrogens (tertiary/aromatic N) is 2. The Labute approximate surface area is 166 Å². The number of benzene rings is 1. The number of carbonyl (C=O) groups excluding carboxylic acids is 3. The fourth-order valence-electron chi connectivity index (χ4n) is 2.82. The van der Waals surface area contributed by atoms with Gasteiger partial charge in [0.1, 0.15) is 0 Å². The van der Waals surface area contributed by atoms with Crippen LogP contribution in [0.25, 0.3) is 0 Å². The topological polar surface area (TPSA) is 91.0 Å². The van der Waals surface area contributed by atoms with Crippen molar-refractivity contribution in [1.29, 1.82) is 0 Å². The lowest BCUT2D eigenvalue weighted by Crippen LogP contribution is -2.50. The third kappa shape index (κ3) is 6.84. The summed E-state index contributed by atoms with van der Waals surface area (Å²) in [7, 11) is 0. The highest BCUT2D eigenvalue weighted by atomic mass is 16.6. The first-order valence-corrected chi connectivity index (χ1v) is 9.71. The van der Waals surface area contributed by atoms with Gasteiger partial charge in [-0.3, -0.25) is 14.5 Å². The van der Waals surface area contributed by atoms with Crippen LogP contribution in [0.15, 0.2) is 24.3 Å². The molecule has 8 nitrogen and oxygen atoms in total. The Hall–Kier alpha value is -2.61.